The Morgan fingerprint density at radius 1 is 1.38 bits per heavy atom. The first-order valence-electron chi connectivity index (χ1n) is 5.48. The quantitative estimate of drug-likeness (QED) is 0.716. The summed E-state index contributed by atoms with van der Waals surface area (Å²) in [5.74, 6) is 0.329. The summed E-state index contributed by atoms with van der Waals surface area (Å²) in [6, 6.07) is 4.16. The summed E-state index contributed by atoms with van der Waals surface area (Å²) in [5, 5.41) is 6.88. The van der Waals surface area contributed by atoms with E-state index < -0.39 is 0 Å². The van der Waals surface area contributed by atoms with Gasteiger partial charge in [-0.2, -0.15) is 0 Å². The second-order valence-electron chi connectivity index (χ2n) is 4.56. The van der Waals surface area contributed by atoms with E-state index in [1.54, 1.807) is 0 Å². The van der Waals surface area contributed by atoms with Crippen LogP contribution in [0, 0.1) is 6.92 Å². The van der Waals surface area contributed by atoms with E-state index in [2.05, 4.69) is 16.7 Å². The van der Waals surface area contributed by atoms with E-state index >= 15 is 0 Å². The van der Waals surface area contributed by atoms with Crippen molar-refractivity contribution >= 4 is 17.5 Å². The first kappa shape index (κ1) is 10.1. The van der Waals surface area contributed by atoms with E-state index in [1.807, 2.05) is 13.0 Å². The summed E-state index contributed by atoms with van der Waals surface area (Å²) in [5.41, 5.74) is 2.88. The molecule has 16 heavy (non-hydrogen) atoms. The van der Waals surface area contributed by atoms with Crippen LogP contribution in [0.5, 0.6) is 0 Å². The molecular weight excluding hydrogens is 224 g/mol. The Balaban J connectivity index is 2.20. The molecule has 1 amide bonds. The van der Waals surface area contributed by atoms with Crippen LogP contribution in [0.15, 0.2) is 12.1 Å². The second kappa shape index (κ2) is 3.47. The third-order valence-electron chi connectivity index (χ3n) is 3.42. The molecule has 0 bridgehead atoms. The fraction of sp³-hybridized carbons (Fsp3) is 0.417. The van der Waals surface area contributed by atoms with Crippen molar-refractivity contribution in [1.29, 1.82) is 0 Å². The lowest BCUT2D eigenvalue weighted by Gasteiger charge is -2.29. The number of amides is 1. The van der Waals surface area contributed by atoms with Gasteiger partial charge in [-0.1, -0.05) is 17.7 Å². The van der Waals surface area contributed by atoms with Crippen LogP contribution >= 0.6 is 11.6 Å². The SMILES string of the molecule is Cc1cc(Cl)c2c(c1)[C@H]1CNC[C@@H]1NC2=O. The minimum Gasteiger partial charge on any atom is -0.347 e. The van der Waals surface area contributed by atoms with Crippen molar-refractivity contribution in [3.05, 3.63) is 33.8 Å². The second-order valence-corrected chi connectivity index (χ2v) is 4.96. The van der Waals surface area contributed by atoms with Gasteiger partial charge in [0, 0.05) is 25.0 Å². The number of halogens is 1. The normalized spacial score (nSPS) is 27.2. The topological polar surface area (TPSA) is 41.1 Å². The van der Waals surface area contributed by atoms with E-state index in [0.29, 0.717) is 16.5 Å². The van der Waals surface area contributed by atoms with Gasteiger partial charge in [-0.05, 0) is 24.1 Å². The van der Waals surface area contributed by atoms with Crippen molar-refractivity contribution in [3.8, 4) is 0 Å². The third kappa shape index (κ3) is 1.35. The van der Waals surface area contributed by atoms with Gasteiger partial charge in [0.2, 0.25) is 0 Å². The Morgan fingerprint density at radius 2 is 2.19 bits per heavy atom. The molecule has 0 aliphatic carbocycles. The Bertz CT molecular complexity index is 472. The predicted octanol–water partition coefficient (Wildman–Crippen LogP) is 1.45. The summed E-state index contributed by atoms with van der Waals surface area (Å²) < 4.78 is 0. The highest BCUT2D eigenvalue weighted by atomic mass is 35.5. The van der Waals surface area contributed by atoms with Crippen LogP contribution in [0.2, 0.25) is 5.02 Å². The van der Waals surface area contributed by atoms with E-state index in [1.165, 1.54) is 0 Å². The Kier molecular flexibility index (Phi) is 2.19. The summed E-state index contributed by atoms with van der Waals surface area (Å²) in [4.78, 5) is 11.9. The first-order valence-corrected chi connectivity index (χ1v) is 5.86. The Labute approximate surface area is 99.2 Å². The van der Waals surface area contributed by atoms with Gasteiger partial charge >= 0.3 is 0 Å². The van der Waals surface area contributed by atoms with Crippen LogP contribution in [0.4, 0.5) is 0 Å². The maximum absolute atomic E-state index is 11.9. The van der Waals surface area contributed by atoms with Crippen LogP contribution in [0.1, 0.15) is 27.4 Å². The van der Waals surface area contributed by atoms with E-state index in [-0.39, 0.29) is 11.9 Å². The minimum atomic E-state index is -0.0371. The number of fused-ring (bicyclic) bond motifs is 3. The number of aryl methyl sites for hydroxylation is 1. The first-order chi connectivity index (χ1) is 7.66. The van der Waals surface area contributed by atoms with Crippen LogP contribution in [0.3, 0.4) is 0 Å². The van der Waals surface area contributed by atoms with E-state index in [0.717, 1.165) is 24.2 Å². The smallest absolute Gasteiger partial charge is 0.253 e. The molecule has 1 aromatic rings. The molecule has 1 aromatic carbocycles. The summed E-state index contributed by atoms with van der Waals surface area (Å²) >= 11 is 6.15. The minimum absolute atomic E-state index is 0.0371. The highest BCUT2D eigenvalue weighted by Gasteiger charge is 2.37. The Hall–Kier alpha value is -1.06. The highest BCUT2D eigenvalue weighted by Crippen LogP contribution is 2.34. The lowest BCUT2D eigenvalue weighted by molar-refractivity contribution is 0.0924. The van der Waals surface area contributed by atoms with Crippen LogP contribution in [-0.2, 0) is 0 Å². The zero-order valence-electron chi connectivity index (χ0n) is 9.01. The van der Waals surface area contributed by atoms with Crippen molar-refractivity contribution in [1.82, 2.24) is 10.6 Å². The number of nitrogens with one attached hydrogen (secondary N) is 2. The standard InChI is InChI=1S/C12H13ClN2O/c1-6-2-7-8-4-14-5-10(8)15-12(16)11(7)9(13)3-6/h2-3,8,10,14H,4-5H2,1H3,(H,15,16)/t8-,10+/m1/s1. The van der Waals surface area contributed by atoms with Gasteiger partial charge in [0.15, 0.2) is 0 Å². The molecule has 0 aromatic heterocycles. The number of benzene rings is 1. The monoisotopic (exact) mass is 236 g/mol. The molecule has 4 heteroatoms. The van der Waals surface area contributed by atoms with Gasteiger partial charge in [0.25, 0.3) is 5.91 Å². The molecule has 3 rings (SSSR count). The summed E-state index contributed by atoms with van der Waals surface area (Å²) in [6.45, 7) is 3.77. The number of hydrogen-bond donors (Lipinski definition) is 2. The molecule has 84 valence electrons. The van der Waals surface area contributed by atoms with E-state index in [9.17, 15) is 4.79 Å². The molecule has 1 fully saturated rings. The molecule has 2 heterocycles. The average Bonchev–Trinajstić information content (AvgIpc) is 2.64. The number of carbonyl (C=O) groups excluding carboxylic acids is 1. The van der Waals surface area contributed by atoms with Crippen LogP contribution in [-0.4, -0.2) is 25.0 Å². The van der Waals surface area contributed by atoms with Crippen molar-refractivity contribution in [2.45, 2.75) is 18.9 Å². The molecule has 3 nitrogen and oxygen atoms in total. The Morgan fingerprint density at radius 3 is 3.00 bits per heavy atom. The third-order valence-corrected chi connectivity index (χ3v) is 3.72. The summed E-state index contributed by atoms with van der Waals surface area (Å²) in [7, 11) is 0. The molecular formula is C12H13ClN2O. The molecule has 0 unspecified atom stereocenters. The van der Waals surface area contributed by atoms with Crippen molar-refractivity contribution in [2.24, 2.45) is 0 Å². The van der Waals surface area contributed by atoms with Gasteiger partial charge in [-0.3, -0.25) is 4.79 Å². The fourth-order valence-corrected chi connectivity index (χ4v) is 3.07. The molecule has 1 saturated heterocycles. The van der Waals surface area contributed by atoms with Gasteiger partial charge in [0.1, 0.15) is 0 Å². The number of rotatable bonds is 0. The zero-order valence-corrected chi connectivity index (χ0v) is 9.77. The molecule has 2 atom stereocenters. The predicted molar refractivity (Wildman–Crippen MR) is 63.1 cm³/mol. The van der Waals surface area contributed by atoms with Crippen molar-refractivity contribution in [2.75, 3.05) is 13.1 Å². The summed E-state index contributed by atoms with van der Waals surface area (Å²) in [6.07, 6.45) is 0. The molecule has 0 spiro atoms. The fourth-order valence-electron chi connectivity index (χ4n) is 2.70. The molecule has 2 N–H and O–H groups in total. The average molecular weight is 237 g/mol. The van der Waals surface area contributed by atoms with Crippen LogP contribution < -0.4 is 10.6 Å². The lowest BCUT2D eigenvalue weighted by atomic mass is 9.85. The lowest BCUT2D eigenvalue weighted by Crippen LogP contribution is -2.44. The van der Waals surface area contributed by atoms with E-state index in [4.69, 9.17) is 11.6 Å². The molecule has 0 saturated carbocycles. The highest BCUT2D eigenvalue weighted by molar-refractivity contribution is 6.34. The molecule has 0 radical (unpaired) electrons. The van der Waals surface area contributed by atoms with Crippen molar-refractivity contribution < 1.29 is 4.79 Å². The maximum Gasteiger partial charge on any atom is 0.253 e. The van der Waals surface area contributed by atoms with Crippen molar-refractivity contribution in [3.63, 3.8) is 0 Å². The largest absolute Gasteiger partial charge is 0.347 e. The maximum atomic E-state index is 11.9. The zero-order chi connectivity index (χ0) is 11.3. The molecule has 2 aliphatic heterocycles. The molecule has 2 aliphatic rings. The number of carbonyl (C=O) groups is 1. The van der Waals surface area contributed by atoms with Gasteiger partial charge in [-0.15, -0.1) is 0 Å². The van der Waals surface area contributed by atoms with Gasteiger partial charge in [-0.25, -0.2) is 0 Å². The van der Waals surface area contributed by atoms with Gasteiger partial charge in [0.05, 0.1) is 10.6 Å². The van der Waals surface area contributed by atoms with Crippen LogP contribution in [0.25, 0.3) is 0 Å². The van der Waals surface area contributed by atoms with Gasteiger partial charge < -0.3 is 10.6 Å². The number of hydrogen-bond acceptors (Lipinski definition) is 2.